The van der Waals surface area contributed by atoms with Gasteiger partial charge in [-0.25, -0.2) is 9.59 Å². The van der Waals surface area contributed by atoms with Gasteiger partial charge in [0.25, 0.3) is 0 Å². The maximum Gasteiger partial charge on any atom is 0.407 e. The largest absolute Gasteiger partial charge is 0.504 e. The first-order valence-corrected chi connectivity index (χ1v) is 14.3. The molecule has 2 saturated heterocycles. The molecule has 0 radical (unpaired) electrons. The Bertz CT molecular complexity index is 1380. The predicted octanol–water partition coefficient (Wildman–Crippen LogP) is 0.794. The Hall–Kier alpha value is -3.84. The van der Waals surface area contributed by atoms with Crippen LogP contribution in [0.2, 0.25) is 0 Å². The number of hydrogen-bond acceptors (Lipinski definition) is 10. The SMILES string of the molecule is CC(OC(=O)CCNC(=O)C1CCCN1C(=O)O)C(=O)OC1=CC[C@@]2(O)[C@H]3Cc4ccc(O)c5c4[C@@]2(CCN3C)[C@H]1O5. The number of piperidine rings is 1. The molecule has 3 heterocycles. The van der Waals surface area contributed by atoms with Crippen molar-refractivity contribution < 1.29 is 48.7 Å². The second kappa shape index (κ2) is 10.2. The summed E-state index contributed by atoms with van der Waals surface area (Å²) in [4.78, 5) is 52.3. The van der Waals surface area contributed by atoms with E-state index in [1.54, 1.807) is 12.1 Å². The number of nitrogens with zero attached hydrogens (tertiary/aromatic N) is 2. The summed E-state index contributed by atoms with van der Waals surface area (Å²) in [5.74, 6) is -1.59. The number of phenols is 1. The van der Waals surface area contributed by atoms with E-state index in [1.807, 2.05) is 13.1 Å². The van der Waals surface area contributed by atoms with E-state index in [0.29, 0.717) is 38.0 Å². The maximum absolute atomic E-state index is 13.0. The number of ether oxygens (including phenoxy) is 3. The number of carbonyl (C=O) groups excluding carboxylic acids is 3. The standard InChI is InChI=1S/C29H35N3O10/c1-15(40-21(34)8-11-30-25(35)17-4-3-12-32(17)27(37)38)26(36)41-19-7-9-29(39)20-14-16-5-6-18(33)23-22(16)28(29,24(19)42-23)10-13-31(20)2/h5-7,15,17,20,24,33,39H,3-4,8-14H2,1-2H3,(H,30,35)(H,37,38)/t15?,17?,20-,24+,28+,29-/m1/s1. The van der Waals surface area contributed by atoms with E-state index in [0.717, 1.165) is 16.0 Å². The van der Waals surface area contributed by atoms with Crippen LogP contribution < -0.4 is 10.1 Å². The van der Waals surface area contributed by atoms with Crippen molar-refractivity contribution in [3.8, 4) is 11.5 Å². The lowest BCUT2D eigenvalue weighted by Crippen LogP contribution is -2.74. The Morgan fingerprint density at radius 3 is 2.79 bits per heavy atom. The van der Waals surface area contributed by atoms with E-state index in [9.17, 15) is 34.5 Å². The predicted molar refractivity (Wildman–Crippen MR) is 144 cm³/mol. The third-order valence-electron chi connectivity index (χ3n) is 9.64. The zero-order valence-corrected chi connectivity index (χ0v) is 23.5. The molecule has 6 rings (SSSR count). The van der Waals surface area contributed by atoms with Crippen molar-refractivity contribution in [2.24, 2.45) is 0 Å². The van der Waals surface area contributed by atoms with E-state index in [-0.39, 0.29) is 43.5 Å². The van der Waals surface area contributed by atoms with Crippen LogP contribution in [-0.4, -0.2) is 106 Å². The molecular formula is C29H35N3O10. The molecule has 13 heteroatoms. The van der Waals surface area contributed by atoms with E-state index in [4.69, 9.17) is 14.2 Å². The first kappa shape index (κ1) is 28.3. The molecule has 2 amide bonds. The fourth-order valence-electron chi connectivity index (χ4n) is 7.61. The minimum Gasteiger partial charge on any atom is -0.504 e. The highest BCUT2D eigenvalue weighted by molar-refractivity contribution is 5.86. The summed E-state index contributed by atoms with van der Waals surface area (Å²) >= 11 is 0. The zero-order chi connectivity index (χ0) is 30.0. The highest BCUT2D eigenvalue weighted by Gasteiger charge is 2.72. The van der Waals surface area contributed by atoms with Crippen LogP contribution in [0.4, 0.5) is 4.79 Å². The van der Waals surface area contributed by atoms with Crippen LogP contribution in [0.25, 0.3) is 0 Å². The number of amides is 2. The summed E-state index contributed by atoms with van der Waals surface area (Å²) in [6.45, 7) is 2.26. The first-order chi connectivity index (χ1) is 20.0. The molecule has 2 fully saturated rings. The Morgan fingerprint density at radius 1 is 1.24 bits per heavy atom. The summed E-state index contributed by atoms with van der Waals surface area (Å²) in [6, 6.07) is 2.46. The van der Waals surface area contributed by atoms with Gasteiger partial charge in [-0.3, -0.25) is 14.5 Å². The van der Waals surface area contributed by atoms with Gasteiger partial charge in [0.05, 0.1) is 17.4 Å². The number of hydrogen-bond donors (Lipinski definition) is 4. The number of carbonyl (C=O) groups is 4. The molecule has 0 aromatic heterocycles. The van der Waals surface area contributed by atoms with Crippen LogP contribution in [-0.2, 0) is 35.7 Å². The molecule has 1 spiro atoms. The maximum atomic E-state index is 13.0. The summed E-state index contributed by atoms with van der Waals surface area (Å²) in [5.41, 5.74) is -0.359. The van der Waals surface area contributed by atoms with Gasteiger partial charge in [-0.15, -0.1) is 0 Å². The molecule has 6 atom stereocenters. The number of aliphatic hydroxyl groups is 1. The summed E-state index contributed by atoms with van der Waals surface area (Å²) < 4.78 is 17.2. The highest BCUT2D eigenvalue weighted by Crippen LogP contribution is 2.65. The number of nitrogens with one attached hydrogen (secondary N) is 1. The quantitative estimate of drug-likeness (QED) is 0.333. The van der Waals surface area contributed by atoms with Gasteiger partial charge in [0.1, 0.15) is 11.8 Å². The molecule has 0 saturated carbocycles. The lowest BCUT2D eigenvalue weighted by atomic mass is 9.50. The molecule has 2 unspecified atom stereocenters. The van der Waals surface area contributed by atoms with Crippen molar-refractivity contribution >= 4 is 23.9 Å². The number of benzene rings is 1. The lowest BCUT2D eigenvalue weighted by Gasteiger charge is -2.61. The van der Waals surface area contributed by atoms with E-state index in [1.165, 1.54) is 6.92 Å². The van der Waals surface area contributed by atoms with Crippen LogP contribution in [0, 0.1) is 0 Å². The Morgan fingerprint density at radius 2 is 2.02 bits per heavy atom. The number of esters is 2. The van der Waals surface area contributed by atoms with Crippen molar-refractivity contribution in [3.63, 3.8) is 0 Å². The Balaban J connectivity index is 1.10. The van der Waals surface area contributed by atoms with Crippen LogP contribution >= 0.6 is 0 Å². The van der Waals surface area contributed by atoms with Crippen LogP contribution in [0.15, 0.2) is 24.0 Å². The highest BCUT2D eigenvalue weighted by atomic mass is 16.6. The molecule has 1 aromatic rings. The van der Waals surface area contributed by atoms with Gasteiger partial charge in [-0.1, -0.05) is 6.07 Å². The lowest BCUT2D eigenvalue weighted by molar-refractivity contribution is -0.175. The van der Waals surface area contributed by atoms with Gasteiger partial charge in [0, 0.05) is 31.1 Å². The first-order valence-electron chi connectivity index (χ1n) is 14.3. The van der Waals surface area contributed by atoms with Crippen molar-refractivity contribution in [1.82, 2.24) is 15.1 Å². The van der Waals surface area contributed by atoms with E-state index >= 15 is 0 Å². The fraction of sp³-hybridized carbons (Fsp3) is 0.586. The Labute approximate surface area is 242 Å². The number of carboxylic acid groups (broad SMARTS) is 1. The van der Waals surface area contributed by atoms with Gasteiger partial charge in [0.15, 0.2) is 23.7 Å². The van der Waals surface area contributed by atoms with Crippen LogP contribution in [0.1, 0.15) is 50.2 Å². The number of likely N-dealkylation sites (tertiary alicyclic amines) is 2. The molecule has 3 aliphatic heterocycles. The molecule has 2 aliphatic carbocycles. The van der Waals surface area contributed by atoms with Gasteiger partial charge in [-0.2, -0.15) is 0 Å². The summed E-state index contributed by atoms with van der Waals surface area (Å²) in [6.07, 6.45) is 0.478. The van der Waals surface area contributed by atoms with Gasteiger partial charge in [-0.05, 0) is 63.9 Å². The second-order valence-corrected chi connectivity index (χ2v) is 11.8. The van der Waals surface area contributed by atoms with Gasteiger partial charge in [0.2, 0.25) is 5.91 Å². The fourth-order valence-corrected chi connectivity index (χ4v) is 7.61. The molecule has 226 valence electrons. The summed E-state index contributed by atoms with van der Waals surface area (Å²) in [5, 5.41) is 34.6. The molecule has 4 N–H and O–H groups in total. The van der Waals surface area contributed by atoms with E-state index in [2.05, 4.69) is 10.2 Å². The third-order valence-corrected chi connectivity index (χ3v) is 9.64. The van der Waals surface area contributed by atoms with Crippen molar-refractivity contribution in [3.05, 3.63) is 35.1 Å². The molecule has 42 heavy (non-hydrogen) atoms. The van der Waals surface area contributed by atoms with Crippen LogP contribution in [0.3, 0.4) is 0 Å². The van der Waals surface area contributed by atoms with Crippen molar-refractivity contribution in [2.75, 3.05) is 26.7 Å². The van der Waals surface area contributed by atoms with Crippen LogP contribution in [0.5, 0.6) is 11.5 Å². The number of phenolic OH excluding ortho intramolecular Hbond substituents is 1. The monoisotopic (exact) mass is 585 g/mol. The molecule has 1 aromatic carbocycles. The molecular weight excluding hydrogens is 550 g/mol. The number of rotatable bonds is 7. The smallest absolute Gasteiger partial charge is 0.407 e. The second-order valence-electron chi connectivity index (χ2n) is 11.8. The molecule has 5 aliphatic rings. The number of likely N-dealkylation sites (N-methyl/N-ethyl adjacent to an activating group) is 1. The topological polar surface area (TPSA) is 175 Å². The number of aromatic hydroxyl groups is 1. The average molecular weight is 586 g/mol. The van der Waals surface area contributed by atoms with Gasteiger partial charge < -0.3 is 39.7 Å². The minimum absolute atomic E-state index is 0.0408. The third kappa shape index (κ3) is 4.12. The minimum atomic E-state index is -1.27. The molecule has 13 nitrogen and oxygen atoms in total. The van der Waals surface area contributed by atoms with Gasteiger partial charge >= 0.3 is 18.0 Å². The van der Waals surface area contributed by atoms with E-state index < -0.39 is 53.2 Å². The molecule has 2 bridgehead atoms. The Kier molecular flexibility index (Phi) is 6.84. The average Bonchev–Trinajstić information content (AvgIpc) is 3.57. The van der Waals surface area contributed by atoms with Crippen molar-refractivity contribution in [1.29, 1.82) is 0 Å². The normalized spacial score (nSPS) is 31.4. The zero-order valence-electron chi connectivity index (χ0n) is 23.5. The van der Waals surface area contributed by atoms with Crippen molar-refractivity contribution in [2.45, 2.75) is 80.8 Å². The summed E-state index contributed by atoms with van der Waals surface area (Å²) in [7, 11) is 1.98.